The fourth-order valence-corrected chi connectivity index (χ4v) is 3.19. The summed E-state index contributed by atoms with van der Waals surface area (Å²) < 4.78 is 1.45. The zero-order valence-corrected chi connectivity index (χ0v) is 14.2. The van der Waals surface area contributed by atoms with Gasteiger partial charge in [-0.25, -0.2) is 4.68 Å². The number of rotatable bonds is 3. The average molecular weight is 344 g/mol. The molecule has 0 saturated heterocycles. The molecule has 0 fully saturated rings. The van der Waals surface area contributed by atoms with E-state index in [1.165, 1.54) is 22.5 Å². The summed E-state index contributed by atoms with van der Waals surface area (Å²) in [5, 5.41) is 20.4. The first-order valence-corrected chi connectivity index (χ1v) is 8.01. The second kappa shape index (κ2) is 5.75. The highest BCUT2D eigenvalue weighted by Gasteiger charge is 2.24. The number of hydrogen-bond acceptors (Lipinski definition) is 7. The molecule has 24 heavy (non-hydrogen) atoms. The number of nitrogens with zero attached hydrogens (tertiary/aromatic N) is 5. The van der Waals surface area contributed by atoms with E-state index in [2.05, 4.69) is 15.2 Å². The first kappa shape index (κ1) is 16.2. The van der Waals surface area contributed by atoms with E-state index in [-0.39, 0.29) is 11.1 Å². The number of nitro groups is 1. The average Bonchev–Trinajstić information content (AvgIpc) is 2.88. The summed E-state index contributed by atoms with van der Waals surface area (Å²) >= 11 is 1.28. The van der Waals surface area contributed by atoms with Crippen molar-refractivity contribution in [1.82, 2.24) is 19.9 Å². The number of benzene rings is 1. The molecule has 3 rings (SSSR count). The lowest BCUT2D eigenvalue weighted by Crippen LogP contribution is -2.24. The fraction of sp³-hybridized carbons (Fsp3) is 0.267. The second-order valence-corrected chi connectivity index (χ2v) is 7.28. The summed E-state index contributed by atoms with van der Waals surface area (Å²) in [7, 11) is 0. The van der Waals surface area contributed by atoms with Crippen molar-refractivity contribution < 1.29 is 4.92 Å². The Morgan fingerprint density at radius 1 is 1.25 bits per heavy atom. The van der Waals surface area contributed by atoms with E-state index in [9.17, 15) is 10.1 Å². The van der Waals surface area contributed by atoms with Crippen molar-refractivity contribution in [2.24, 2.45) is 0 Å². The summed E-state index contributed by atoms with van der Waals surface area (Å²) in [6.45, 7) is 5.99. The molecule has 0 spiro atoms. The third-order valence-electron chi connectivity index (χ3n) is 3.44. The van der Waals surface area contributed by atoms with Gasteiger partial charge in [0.1, 0.15) is 0 Å². The molecule has 0 amide bonds. The molecule has 9 heteroatoms. The van der Waals surface area contributed by atoms with Crippen LogP contribution >= 0.6 is 11.8 Å². The van der Waals surface area contributed by atoms with Gasteiger partial charge in [-0.3, -0.25) is 15.1 Å². The van der Waals surface area contributed by atoms with Crippen LogP contribution < -0.4 is 5.84 Å². The number of aromatic nitrogens is 4. The lowest BCUT2D eigenvalue weighted by molar-refractivity contribution is -0.383. The Balaban J connectivity index is 2.08. The summed E-state index contributed by atoms with van der Waals surface area (Å²) in [5.41, 5.74) is 0.320. The fourth-order valence-electron chi connectivity index (χ4n) is 2.33. The third-order valence-corrected chi connectivity index (χ3v) is 4.45. The quantitative estimate of drug-likeness (QED) is 0.441. The number of pyridine rings is 1. The van der Waals surface area contributed by atoms with Crippen molar-refractivity contribution in [3.8, 4) is 0 Å². The van der Waals surface area contributed by atoms with Crippen LogP contribution in [0.4, 0.5) is 5.69 Å². The normalized spacial score (nSPS) is 11.8. The van der Waals surface area contributed by atoms with Gasteiger partial charge >= 0.3 is 0 Å². The molecule has 1 aromatic carbocycles. The maximum absolute atomic E-state index is 11.2. The minimum Gasteiger partial charge on any atom is -0.336 e. The van der Waals surface area contributed by atoms with Gasteiger partial charge in [0.15, 0.2) is 5.82 Å². The molecular weight excluding hydrogens is 328 g/mol. The Morgan fingerprint density at radius 3 is 2.62 bits per heavy atom. The minimum atomic E-state index is -0.415. The molecule has 0 unspecified atom stereocenters. The van der Waals surface area contributed by atoms with Crippen LogP contribution in [0, 0.1) is 10.1 Å². The van der Waals surface area contributed by atoms with Gasteiger partial charge in [0.25, 0.3) is 5.69 Å². The van der Waals surface area contributed by atoms with E-state index in [4.69, 9.17) is 5.84 Å². The summed E-state index contributed by atoms with van der Waals surface area (Å²) in [4.78, 5) is 15.8. The predicted octanol–water partition coefficient (Wildman–Crippen LogP) is 2.90. The molecule has 2 N–H and O–H groups in total. The summed E-state index contributed by atoms with van der Waals surface area (Å²) in [6, 6.07) is 6.48. The van der Waals surface area contributed by atoms with Crippen LogP contribution in [0.15, 0.2) is 40.5 Å². The predicted molar refractivity (Wildman–Crippen MR) is 91.4 cm³/mol. The molecule has 0 aliphatic carbocycles. The van der Waals surface area contributed by atoms with Gasteiger partial charge in [-0.1, -0.05) is 20.8 Å². The van der Waals surface area contributed by atoms with Crippen LogP contribution in [0.25, 0.3) is 10.9 Å². The standard InChI is InChI=1S/C15H16N6O2S/c1-15(2,3)13-18-19-14(20(13)16)24-11-7-6-10(21(22)23)9-5-4-8-17-12(9)11/h4-8H,16H2,1-3H3. The number of non-ortho nitro benzene ring substituents is 1. The Kier molecular flexibility index (Phi) is 3.88. The van der Waals surface area contributed by atoms with E-state index in [0.717, 1.165) is 4.90 Å². The van der Waals surface area contributed by atoms with E-state index in [0.29, 0.717) is 21.9 Å². The minimum absolute atomic E-state index is 0.0204. The molecule has 8 nitrogen and oxygen atoms in total. The lowest BCUT2D eigenvalue weighted by atomic mass is 9.96. The topological polar surface area (TPSA) is 113 Å². The van der Waals surface area contributed by atoms with Crippen LogP contribution in [0.3, 0.4) is 0 Å². The zero-order chi connectivity index (χ0) is 17.5. The van der Waals surface area contributed by atoms with Crippen molar-refractivity contribution in [3.63, 3.8) is 0 Å². The van der Waals surface area contributed by atoms with Gasteiger partial charge < -0.3 is 5.84 Å². The molecular formula is C15H16N6O2S. The van der Waals surface area contributed by atoms with Gasteiger partial charge in [0.05, 0.1) is 15.8 Å². The van der Waals surface area contributed by atoms with Crippen molar-refractivity contribution in [3.05, 3.63) is 46.4 Å². The molecule has 3 aromatic rings. The van der Waals surface area contributed by atoms with Crippen molar-refractivity contribution in [2.45, 2.75) is 36.2 Å². The molecule has 124 valence electrons. The Hall–Kier alpha value is -2.68. The van der Waals surface area contributed by atoms with E-state index in [1.54, 1.807) is 24.4 Å². The van der Waals surface area contributed by atoms with E-state index < -0.39 is 4.92 Å². The third kappa shape index (κ3) is 2.78. The van der Waals surface area contributed by atoms with Gasteiger partial charge in [-0.2, -0.15) is 0 Å². The first-order chi connectivity index (χ1) is 11.3. The molecule has 0 aliphatic rings. The summed E-state index contributed by atoms with van der Waals surface area (Å²) in [6.07, 6.45) is 1.60. The number of nitrogen functional groups attached to an aromatic ring is 1. The van der Waals surface area contributed by atoms with Crippen molar-refractivity contribution in [1.29, 1.82) is 0 Å². The van der Waals surface area contributed by atoms with Gasteiger partial charge in [-0.15, -0.1) is 10.2 Å². The SMILES string of the molecule is CC(C)(C)c1nnc(Sc2ccc([N+](=O)[O-])c3cccnc23)n1N. The molecule has 0 radical (unpaired) electrons. The van der Waals surface area contributed by atoms with Crippen LogP contribution in [0.2, 0.25) is 0 Å². The van der Waals surface area contributed by atoms with Crippen LogP contribution in [0.1, 0.15) is 26.6 Å². The first-order valence-electron chi connectivity index (χ1n) is 7.20. The summed E-state index contributed by atoms with van der Waals surface area (Å²) in [5.74, 6) is 6.76. The van der Waals surface area contributed by atoms with Crippen LogP contribution in [0.5, 0.6) is 0 Å². The van der Waals surface area contributed by atoms with Gasteiger partial charge in [-0.05, 0) is 30.0 Å². The molecule has 2 aromatic heterocycles. The van der Waals surface area contributed by atoms with Gasteiger partial charge in [0.2, 0.25) is 5.16 Å². The molecule has 0 aliphatic heterocycles. The number of hydrogen-bond donors (Lipinski definition) is 1. The molecule has 0 bridgehead atoms. The highest BCUT2D eigenvalue weighted by molar-refractivity contribution is 7.99. The van der Waals surface area contributed by atoms with E-state index in [1.807, 2.05) is 20.8 Å². The number of nitrogens with two attached hydrogens (primary N) is 1. The molecule has 2 heterocycles. The Bertz CT molecular complexity index is 931. The van der Waals surface area contributed by atoms with Gasteiger partial charge in [0, 0.05) is 22.6 Å². The second-order valence-electron chi connectivity index (χ2n) is 6.27. The Labute approximate surface area is 142 Å². The van der Waals surface area contributed by atoms with Crippen molar-refractivity contribution in [2.75, 3.05) is 5.84 Å². The van der Waals surface area contributed by atoms with Crippen LogP contribution in [-0.2, 0) is 5.41 Å². The maximum atomic E-state index is 11.2. The maximum Gasteiger partial charge on any atom is 0.278 e. The largest absolute Gasteiger partial charge is 0.336 e. The lowest BCUT2D eigenvalue weighted by Gasteiger charge is -2.16. The number of nitro benzene ring substituents is 1. The molecule has 0 atom stereocenters. The highest BCUT2D eigenvalue weighted by atomic mass is 32.2. The number of fused-ring (bicyclic) bond motifs is 1. The monoisotopic (exact) mass is 344 g/mol. The highest BCUT2D eigenvalue weighted by Crippen LogP contribution is 2.36. The molecule has 0 saturated carbocycles. The smallest absolute Gasteiger partial charge is 0.278 e. The van der Waals surface area contributed by atoms with Crippen LogP contribution in [-0.4, -0.2) is 24.8 Å². The zero-order valence-electron chi connectivity index (χ0n) is 13.4. The van der Waals surface area contributed by atoms with Crippen molar-refractivity contribution >= 4 is 28.4 Å². The Morgan fingerprint density at radius 2 is 2.00 bits per heavy atom. The van der Waals surface area contributed by atoms with E-state index >= 15 is 0 Å².